The van der Waals surface area contributed by atoms with Gasteiger partial charge in [-0.1, -0.05) is 0 Å². The van der Waals surface area contributed by atoms with Gasteiger partial charge in [0.25, 0.3) is 5.88 Å². The van der Waals surface area contributed by atoms with E-state index in [4.69, 9.17) is 23.9 Å². The SMILES string of the molecule is COCCc1ccc(-c2c(C)nc3c(N4CCOCC4)c4c(nn23)OC(=O)/C=C\C(=O)O4)cn1. The van der Waals surface area contributed by atoms with Crippen molar-refractivity contribution in [3.05, 3.63) is 41.9 Å². The molecule has 5 heterocycles. The van der Waals surface area contributed by atoms with Crippen molar-refractivity contribution in [3.8, 4) is 22.9 Å². The van der Waals surface area contributed by atoms with E-state index in [1.807, 2.05) is 24.0 Å². The summed E-state index contributed by atoms with van der Waals surface area (Å²) >= 11 is 0. The molecule has 3 aromatic heterocycles. The van der Waals surface area contributed by atoms with Crippen LogP contribution in [-0.2, 0) is 25.5 Å². The number of ether oxygens (including phenoxy) is 4. The van der Waals surface area contributed by atoms with Crippen molar-refractivity contribution in [2.45, 2.75) is 13.3 Å². The Morgan fingerprint density at radius 1 is 1.09 bits per heavy atom. The summed E-state index contributed by atoms with van der Waals surface area (Å²) in [4.78, 5) is 35.8. The van der Waals surface area contributed by atoms with Crippen molar-refractivity contribution < 1.29 is 28.5 Å². The van der Waals surface area contributed by atoms with E-state index in [-0.39, 0.29) is 11.6 Å². The lowest BCUT2D eigenvalue weighted by atomic mass is 10.1. The number of fused-ring (bicyclic) bond motifs is 2. The third kappa shape index (κ3) is 4.11. The first-order chi connectivity index (χ1) is 16.5. The number of esters is 2. The highest BCUT2D eigenvalue weighted by atomic mass is 16.6. The summed E-state index contributed by atoms with van der Waals surface area (Å²) in [5, 5.41) is 4.52. The molecule has 0 amide bonds. The highest BCUT2D eigenvalue weighted by Gasteiger charge is 2.31. The zero-order valence-electron chi connectivity index (χ0n) is 18.8. The fraction of sp³-hybridized carbons (Fsp3) is 0.348. The van der Waals surface area contributed by atoms with Crippen molar-refractivity contribution in [2.24, 2.45) is 0 Å². The summed E-state index contributed by atoms with van der Waals surface area (Å²) in [5.41, 5.74) is 4.08. The van der Waals surface area contributed by atoms with Crippen molar-refractivity contribution >= 4 is 23.3 Å². The maximum absolute atomic E-state index is 12.3. The lowest BCUT2D eigenvalue weighted by molar-refractivity contribution is -0.133. The van der Waals surface area contributed by atoms with Gasteiger partial charge in [0, 0.05) is 56.2 Å². The van der Waals surface area contributed by atoms with Crippen molar-refractivity contribution in [3.63, 3.8) is 0 Å². The summed E-state index contributed by atoms with van der Waals surface area (Å²) < 4.78 is 23.2. The minimum atomic E-state index is -0.722. The number of anilines is 1. The van der Waals surface area contributed by atoms with E-state index in [0.717, 1.165) is 23.4 Å². The molecule has 0 bridgehead atoms. The molecule has 0 radical (unpaired) electrons. The molecule has 1 fully saturated rings. The van der Waals surface area contributed by atoms with E-state index < -0.39 is 11.9 Å². The summed E-state index contributed by atoms with van der Waals surface area (Å²) in [7, 11) is 1.65. The van der Waals surface area contributed by atoms with Crippen molar-refractivity contribution in [1.82, 2.24) is 19.6 Å². The number of morpholine rings is 1. The summed E-state index contributed by atoms with van der Waals surface area (Å²) in [6.45, 7) is 4.53. The van der Waals surface area contributed by atoms with Crippen molar-refractivity contribution in [2.75, 3.05) is 44.9 Å². The highest BCUT2D eigenvalue weighted by Crippen LogP contribution is 2.42. The quantitative estimate of drug-likeness (QED) is 0.513. The number of pyridine rings is 1. The zero-order valence-corrected chi connectivity index (χ0v) is 18.8. The summed E-state index contributed by atoms with van der Waals surface area (Å²) in [6, 6.07) is 3.87. The number of hydrogen-bond donors (Lipinski definition) is 0. The molecule has 0 atom stereocenters. The van der Waals surface area contributed by atoms with E-state index in [0.29, 0.717) is 62.1 Å². The summed E-state index contributed by atoms with van der Waals surface area (Å²) in [5.74, 6) is -1.47. The number of methoxy groups -OCH3 is 1. The Hall–Kier alpha value is -3.83. The largest absolute Gasteiger partial charge is 0.415 e. The number of aryl methyl sites for hydroxylation is 1. The molecule has 0 unspecified atom stereocenters. The van der Waals surface area contributed by atoms with Gasteiger partial charge in [-0.15, -0.1) is 5.10 Å². The van der Waals surface area contributed by atoms with Crippen molar-refractivity contribution in [1.29, 1.82) is 0 Å². The number of carbonyl (C=O) groups excluding carboxylic acids is 2. The number of aromatic nitrogens is 4. The molecule has 0 aliphatic carbocycles. The molecule has 0 saturated carbocycles. The normalized spacial score (nSPS) is 17.1. The molecule has 0 spiro atoms. The Morgan fingerprint density at radius 2 is 1.85 bits per heavy atom. The van der Waals surface area contributed by atoms with Crippen LogP contribution in [0.25, 0.3) is 16.9 Å². The van der Waals surface area contributed by atoms with Crippen LogP contribution in [0.1, 0.15) is 11.4 Å². The molecule has 5 rings (SSSR count). The number of carbonyl (C=O) groups is 2. The third-order valence-corrected chi connectivity index (χ3v) is 5.58. The van der Waals surface area contributed by atoms with Crippen LogP contribution < -0.4 is 14.4 Å². The Kier molecular flexibility index (Phi) is 5.95. The Bertz CT molecular complexity index is 1280. The maximum Gasteiger partial charge on any atom is 0.337 e. The Balaban J connectivity index is 1.70. The first-order valence-electron chi connectivity index (χ1n) is 10.9. The number of nitrogens with zero attached hydrogens (tertiary/aromatic N) is 5. The van der Waals surface area contributed by atoms with Crippen LogP contribution in [0.4, 0.5) is 5.69 Å². The lowest BCUT2D eigenvalue weighted by Gasteiger charge is -2.30. The fourth-order valence-electron chi connectivity index (χ4n) is 3.99. The molecule has 11 nitrogen and oxygen atoms in total. The third-order valence-electron chi connectivity index (χ3n) is 5.58. The Morgan fingerprint density at radius 3 is 2.56 bits per heavy atom. The van der Waals surface area contributed by atoms with E-state index >= 15 is 0 Å². The van der Waals surface area contributed by atoms with Crippen LogP contribution in [0.5, 0.6) is 11.6 Å². The maximum atomic E-state index is 12.3. The predicted octanol–water partition coefficient (Wildman–Crippen LogP) is 1.51. The van der Waals surface area contributed by atoms with Gasteiger partial charge in [0.05, 0.1) is 31.2 Å². The first-order valence-corrected chi connectivity index (χ1v) is 10.9. The van der Waals surface area contributed by atoms with Gasteiger partial charge in [-0.3, -0.25) is 4.98 Å². The van der Waals surface area contributed by atoms with Crippen LogP contribution in [0.15, 0.2) is 30.5 Å². The summed E-state index contributed by atoms with van der Waals surface area (Å²) in [6.07, 6.45) is 4.49. The second-order valence-corrected chi connectivity index (χ2v) is 7.82. The molecular formula is C23H23N5O6. The second kappa shape index (κ2) is 9.20. The molecule has 1 saturated heterocycles. The van der Waals surface area contributed by atoms with Gasteiger partial charge in [-0.25, -0.2) is 19.1 Å². The topological polar surface area (TPSA) is 117 Å². The first kappa shape index (κ1) is 22.0. The van der Waals surface area contributed by atoms with E-state index in [2.05, 4.69) is 10.1 Å². The fourth-order valence-corrected chi connectivity index (χ4v) is 3.99. The predicted molar refractivity (Wildman–Crippen MR) is 120 cm³/mol. The van der Waals surface area contributed by atoms with Gasteiger partial charge in [0.2, 0.25) is 5.75 Å². The average molecular weight is 465 g/mol. The van der Waals surface area contributed by atoms with Gasteiger partial charge in [0.1, 0.15) is 5.69 Å². The molecule has 0 N–H and O–H groups in total. The van der Waals surface area contributed by atoms with Gasteiger partial charge < -0.3 is 23.8 Å². The highest BCUT2D eigenvalue weighted by molar-refractivity contribution is 5.97. The van der Waals surface area contributed by atoms with Gasteiger partial charge in [-0.2, -0.15) is 0 Å². The second-order valence-electron chi connectivity index (χ2n) is 7.82. The van der Waals surface area contributed by atoms with Crippen LogP contribution >= 0.6 is 0 Å². The number of rotatable bonds is 5. The molecule has 2 aliphatic heterocycles. The minimum absolute atomic E-state index is 0.0571. The monoisotopic (exact) mass is 465 g/mol. The number of imidazole rings is 1. The van der Waals surface area contributed by atoms with Crippen LogP contribution in [0, 0.1) is 6.92 Å². The van der Waals surface area contributed by atoms with Crippen LogP contribution in [0.3, 0.4) is 0 Å². The average Bonchev–Trinajstić information content (AvgIpc) is 3.17. The lowest BCUT2D eigenvalue weighted by Crippen LogP contribution is -2.37. The molecule has 34 heavy (non-hydrogen) atoms. The number of hydrogen-bond acceptors (Lipinski definition) is 10. The van der Waals surface area contributed by atoms with E-state index in [1.165, 1.54) is 0 Å². The van der Waals surface area contributed by atoms with Crippen LogP contribution in [-0.4, -0.2) is 71.5 Å². The minimum Gasteiger partial charge on any atom is -0.415 e. The van der Waals surface area contributed by atoms with Gasteiger partial charge in [-0.05, 0) is 19.1 Å². The van der Waals surface area contributed by atoms with Gasteiger partial charge in [0.15, 0.2) is 5.65 Å². The molecule has 0 aromatic carbocycles. The molecule has 11 heteroatoms. The Labute approximate surface area is 194 Å². The molecular weight excluding hydrogens is 442 g/mol. The van der Waals surface area contributed by atoms with E-state index in [9.17, 15) is 9.59 Å². The molecule has 3 aromatic rings. The zero-order chi connectivity index (χ0) is 23.7. The standard InChI is InChI=1S/C23H23N5O6/c1-14-19(15-3-4-16(24-13-15)7-10-31-2)28-22(25-14)20(27-8-11-32-12-9-27)21-23(26-28)34-18(30)6-5-17(29)33-21/h3-6,13H,7-12H2,1-2H3/b6-5-. The van der Waals surface area contributed by atoms with E-state index in [1.54, 1.807) is 17.8 Å². The van der Waals surface area contributed by atoms with Crippen LogP contribution in [0.2, 0.25) is 0 Å². The molecule has 176 valence electrons. The molecule has 2 aliphatic rings. The smallest absolute Gasteiger partial charge is 0.337 e. The van der Waals surface area contributed by atoms with Gasteiger partial charge >= 0.3 is 11.9 Å².